The van der Waals surface area contributed by atoms with E-state index in [0.29, 0.717) is 6.54 Å². The fraction of sp³-hybridized carbons (Fsp3) is 0.462. The predicted octanol–water partition coefficient (Wildman–Crippen LogP) is 3.37. The van der Waals surface area contributed by atoms with Crippen LogP contribution >= 0.6 is 11.6 Å². The Labute approximate surface area is 115 Å². The second kappa shape index (κ2) is 6.30. The van der Waals surface area contributed by atoms with Crippen LogP contribution in [0.5, 0.6) is 0 Å². The van der Waals surface area contributed by atoms with Crippen molar-refractivity contribution in [3.05, 3.63) is 29.6 Å². The highest BCUT2D eigenvalue weighted by atomic mass is 35.5. The summed E-state index contributed by atoms with van der Waals surface area (Å²) in [5, 5.41) is 0. The molecular weight excluding hydrogens is 274 g/mol. The average Bonchev–Trinajstić information content (AvgIpc) is 2.74. The van der Waals surface area contributed by atoms with Crippen molar-refractivity contribution in [1.29, 1.82) is 0 Å². The van der Waals surface area contributed by atoms with Crippen LogP contribution in [-0.4, -0.2) is 29.2 Å². The summed E-state index contributed by atoms with van der Waals surface area (Å²) in [7, 11) is 0. The number of rotatable bonds is 6. The minimum atomic E-state index is -2.44. The number of imidazole rings is 1. The number of alkyl halides is 3. The third-order valence-corrected chi connectivity index (χ3v) is 3.11. The normalized spacial score (nSPS) is 11.6. The Morgan fingerprint density at radius 3 is 2.89 bits per heavy atom. The fourth-order valence-corrected chi connectivity index (χ4v) is 2.29. The highest BCUT2D eigenvalue weighted by Gasteiger charge is 2.11. The minimum absolute atomic E-state index is 0.216. The van der Waals surface area contributed by atoms with Crippen LogP contribution in [0.3, 0.4) is 0 Å². The van der Waals surface area contributed by atoms with Gasteiger partial charge < -0.3 is 9.30 Å². The van der Waals surface area contributed by atoms with Crippen LogP contribution in [0.15, 0.2) is 18.2 Å². The van der Waals surface area contributed by atoms with Crippen molar-refractivity contribution in [1.82, 2.24) is 9.55 Å². The molecule has 0 unspecified atom stereocenters. The zero-order valence-electron chi connectivity index (χ0n) is 10.6. The lowest BCUT2D eigenvalue weighted by Crippen LogP contribution is -2.12. The van der Waals surface area contributed by atoms with E-state index < -0.39 is 13.0 Å². The Morgan fingerprint density at radius 2 is 2.21 bits per heavy atom. The average molecular weight is 289 g/mol. The highest BCUT2D eigenvalue weighted by molar-refractivity contribution is 6.16. The van der Waals surface area contributed by atoms with Crippen molar-refractivity contribution in [2.75, 3.05) is 13.2 Å². The molecule has 0 N–H and O–H groups in total. The summed E-state index contributed by atoms with van der Waals surface area (Å²) in [6.07, 6.45) is -2.44. The van der Waals surface area contributed by atoms with E-state index in [1.54, 1.807) is 0 Å². The summed E-state index contributed by atoms with van der Waals surface area (Å²) in [5.74, 6) is 1.01. The quantitative estimate of drug-likeness (QED) is 0.602. The maximum absolute atomic E-state index is 12.0. The summed E-state index contributed by atoms with van der Waals surface area (Å²) < 4.78 is 30.8. The van der Waals surface area contributed by atoms with E-state index in [9.17, 15) is 8.78 Å². The summed E-state index contributed by atoms with van der Waals surface area (Å²) in [6, 6.07) is 5.83. The first-order valence-electron chi connectivity index (χ1n) is 6.00. The number of fused-ring (bicyclic) bond motifs is 1. The van der Waals surface area contributed by atoms with Gasteiger partial charge in [-0.3, -0.25) is 0 Å². The molecule has 0 fully saturated rings. The van der Waals surface area contributed by atoms with Gasteiger partial charge in [0, 0.05) is 6.54 Å². The van der Waals surface area contributed by atoms with Gasteiger partial charge in [0.05, 0.1) is 23.5 Å². The lowest BCUT2D eigenvalue weighted by molar-refractivity contribution is 0.0149. The molecule has 0 aliphatic carbocycles. The van der Waals surface area contributed by atoms with Crippen LogP contribution in [0.1, 0.15) is 11.4 Å². The lowest BCUT2D eigenvalue weighted by atomic mass is 10.2. The van der Waals surface area contributed by atoms with Gasteiger partial charge in [-0.2, -0.15) is 0 Å². The lowest BCUT2D eigenvalue weighted by Gasteiger charge is -2.09. The first-order chi connectivity index (χ1) is 9.13. The summed E-state index contributed by atoms with van der Waals surface area (Å²) >= 11 is 5.87. The molecule has 6 heteroatoms. The predicted molar refractivity (Wildman–Crippen MR) is 70.9 cm³/mol. The Balaban J connectivity index is 2.20. The Hall–Kier alpha value is -1.20. The molecule has 0 bridgehead atoms. The molecule has 0 saturated heterocycles. The molecule has 104 valence electrons. The maximum atomic E-state index is 12.0. The zero-order valence-corrected chi connectivity index (χ0v) is 11.3. The number of halogens is 3. The largest absolute Gasteiger partial charge is 0.374 e. The number of ether oxygens (including phenoxy) is 1. The monoisotopic (exact) mass is 288 g/mol. The molecule has 0 aliphatic rings. The van der Waals surface area contributed by atoms with Gasteiger partial charge in [0.25, 0.3) is 6.43 Å². The van der Waals surface area contributed by atoms with Crippen LogP contribution in [0.2, 0.25) is 0 Å². The third kappa shape index (κ3) is 3.22. The molecule has 1 heterocycles. The maximum Gasteiger partial charge on any atom is 0.261 e. The van der Waals surface area contributed by atoms with Gasteiger partial charge in [0.15, 0.2) is 0 Å². The smallest absolute Gasteiger partial charge is 0.261 e. The number of aryl methyl sites for hydroxylation is 1. The molecule has 3 nitrogen and oxygen atoms in total. The molecule has 19 heavy (non-hydrogen) atoms. The van der Waals surface area contributed by atoms with Crippen LogP contribution in [-0.2, 0) is 17.2 Å². The first kappa shape index (κ1) is 14.2. The number of benzene rings is 1. The second-order valence-electron chi connectivity index (χ2n) is 4.22. The summed E-state index contributed by atoms with van der Waals surface area (Å²) in [4.78, 5) is 4.43. The van der Waals surface area contributed by atoms with Gasteiger partial charge in [-0.05, 0) is 18.6 Å². The number of para-hydroxylation sites is 1. The van der Waals surface area contributed by atoms with Crippen LogP contribution in [0.25, 0.3) is 11.0 Å². The van der Waals surface area contributed by atoms with Gasteiger partial charge in [-0.15, -0.1) is 11.6 Å². The fourth-order valence-electron chi connectivity index (χ4n) is 2.08. The highest BCUT2D eigenvalue weighted by Crippen LogP contribution is 2.21. The van der Waals surface area contributed by atoms with Gasteiger partial charge in [-0.25, -0.2) is 13.8 Å². The number of hydrogen-bond donors (Lipinski definition) is 0. The van der Waals surface area contributed by atoms with Crippen molar-refractivity contribution >= 4 is 22.6 Å². The molecule has 1 aromatic heterocycles. The van der Waals surface area contributed by atoms with Gasteiger partial charge in [0.2, 0.25) is 0 Å². The molecule has 0 amide bonds. The zero-order chi connectivity index (χ0) is 13.8. The van der Waals surface area contributed by atoms with Crippen molar-refractivity contribution < 1.29 is 13.5 Å². The van der Waals surface area contributed by atoms with E-state index in [1.807, 2.05) is 29.7 Å². The van der Waals surface area contributed by atoms with Crippen LogP contribution in [0, 0.1) is 6.92 Å². The Bertz CT molecular complexity index is 557. The van der Waals surface area contributed by atoms with Crippen LogP contribution in [0.4, 0.5) is 8.78 Å². The van der Waals surface area contributed by atoms with E-state index in [-0.39, 0.29) is 12.5 Å². The molecule has 0 aliphatic heterocycles. The van der Waals surface area contributed by atoms with Crippen molar-refractivity contribution in [3.63, 3.8) is 0 Å². The Morgan fingerprint density at radius 1 is 1.42 bits per heavy atom. The summed E-state index contributed by atoms with van der Waals surface area (Å²) in [6.45, 7) is 2.13. The molecule has 0 spiro atoms. The van der Waals surface area contributed by atoms with E-state index in [2.05, 4.69) is 4.98 Å². The molecule has 0 radical (unpaired) electrons. The number of hydrogen-bond acceptors (Lipinski definition) is 2. The van der Waals surface area contributed by atoms with Crippen LogP contribution < -0.4 is 0 Å². The SMILES string of the molecule is Cc1cccc2nc(CCl)n(CCOCC(F)F)c12. The van der Waals surface area contributed by atoms with Gasteiger partial charge in [0.1, 0.15) is 12.4 Å². The molecular formula is C13H15ClF2N2O. The molecule has 1 aromatic carbocycles. The van der Waals surface area contributed by atoms with E-state index in [1.165, 1.54) is 0 Å². The van der Waals surface area contributed by atoms with Crippen molar-refractivity contribution in [2.45, 2.75) is 25.8 Å². The Kier molecular flexibility index (Phi) is 4.71. The van der Waals surface area contributed by atoms with E-state index in [4.69, 9.17) is 16.3 Å². The minimum Gasteiger partial charge on any atom is -0.374 e. The second-order valence-corrected chi connectivity index (χ2v) is 4.49. The van der Waals surface area contributed by atoms with Gasteiger partial charge >= 0.3 is 0 Å². The number of nitrogens with zero attached hydrogens (tertiary/aromatic N) is 2. The standard InChI is InChI=1S/C13H15ClF2N2O/c1-9-3-2-4-10-13(9)18(12(7-14)17-10)5-6-19-8-11(15)16/h2-4,11H,5-8H2,1H3. The van der Waals surface area contributed by atoms with E-state index >= 15 is 0 Å². The van der Waals surface area contributed by atoms with E-state index in [0.717, 1.165) is 22.4 Å². The van der Waals surface area contributed by atoms with Crippen molar-refractivity contribution in [3.8, 4) is 0 Å². The third-order valence-electron chi connectivity index (χ3n) is 2.87. The summed E-state index contributed by atoms with van der Waals surface area (Å²) in [5.41, 5.74) is 2.93. The first-order valence-corrected chi connectivity index (χ1v) is 6.53. The molecule has 0 atom stereocenters. The molecule has 2 aromatic rings. The topological polar surface area (TPSA) is 27.1 Å². The molecule has 0 saturated carbocycles. The van der Waals surface area contributed by atoms with Crippen molar-refractivity contribution in [2.24, 2.45) is 0 Å². The van der Waals surface area contributed by atoms with Gasteiger partial charge in [-0.1, -0.05) is 12.1 Å². The number of aromatic nitrogens is 2. The molecule has 2 rings (SSSR count).